The number of rotatable bonds is 4. The maximum Gasteiger partial charge on any atom is 0.227 e. The zero-order valence-corrected chi connectivity index (χ0v) is 12.8. The van der Waals surface area contributed by atoms with Crippen LogP contribution >= 0.6 is 0 Å². The Labute approximate surface area is 134 Å². The summed E-state index contributed by atoms with van der Waals surface area (Å²) in [6.45, 7) is 2.21. The molecule has 120 valence electrons. The van der Waals surface area contributed by atoms with Crippen LogP contribution in [-0.2, 0) is 6.54 Å². The van der Waals surface area contributed by atoms with Crippen molar-refractivity contribution in [1.82, 2.24) is 19.7 Å². The van der Waals surface area contributed by atoms with Gasteiger partial charge in [-0.2, -0.15) is 15.3 Å². The van der Waals surface area contributed by atoms with Gasteiger partial charge < -0.3 is 15.7 Å². The summed E-state index contributed by atoms with van der Waals surface area (Å²) in [5, 5.41) is 22.4. The molecule has 0 amide bonds. The summed E-state index contributed by atoms with van der Waals surface area (Å²) in [6, 6.07) is 3.97. The van der Waals surface area contributed by atoms with E-state index in [1.807, 2.05) is 18.3 Å². The van der Waals surface area contributed by atoms with Gasteiger partial charge in [-0.15, -0.1) is 0 Å². The maximum absolute atomic E-state index is 8.98. The Bertz CT molecular complexity index is 721. The van der Waals surface area contributed by atoms with Gasteiger partial charge in [0.25, 0.3) is 0 Å². The van der Waals surface area contributed by atoms with Gasteiger partial charge in [-0.05, 0) is 18.9 Å². The van der Waals surface area contributed by atoms with E-state index in [2.05, 4.69) is 20.0 Å². The number of hydrogen-bond acceptors (Lipinski definition) is 7. The lowest BCUT2D eigenvalue weighted by atomic mass is 9.95. The van der Waals surface area contributed by atoms with Crippen molar-refractivity contribution in [2.75, 3.05) is 30.3 Å². The molecular weight excluding hydrogens is 294 g/mol. The second-order valence-corrected chi connectivity index (χ2v) is 5.59. The van der Waals surface area contributed by atoms with Gasteiger partial charge in [-0.25, -0.2) is 4.98 Å². The third-order valence-corrected chi connectivity index (χ3v) is 4.04. The molecule has 0 radical (unpaired) electrons. The van der Waals surface area contributed by atoms with Gasteiger partial charge in [-0.1, -0.05) is 0 Å². The van der Waals surface area contributed by atoms with E-state index >= 15 is 0 Å². The van der Waals surface area contributed by atoms with Gasteiger partial charge in [0.1, 0.15) is 17.5 Å². The molecule has 8 heteroatoms. The first-order valence-electron chi connectivity index (χ1n) is 7.63. The number of nitriles is 1. The smallest absolute Gasteiger partial charge is 0.227 e. The first kappa shape index (κ1) is 15.2. The highest BCUT2D eigenvalue weighted by molar-refractivity contribution is 5.50. The molecule has 0 bridgehead atoms. The molecule has 8 nitrogen and oxygen atoms in total. The van der Waals surface area contributed by atoms with Crippen molar-refractivity contribution in [2.24, 2.45) is 0 Å². The highest BCUT2D eigenvalue weighted by Crippen LogP contribution is 2.28. The number of aliphatic hydroxyl groups is 1. The lowest BCUT2D eigenvalue weighted by Crippen LogP contribution is -2.36. The number of piperidine rings is 1. The molecule has 23 heavy (non-hydrogen) atoms. The molecule has 1 fully saturated rings. The van der Waals surface area contributed by atoms with Crippen LogP contribution in [0.2, 0.25) is 0 Å². The fraction of sp³-hybridized carbons (Fsp3) is 0.467. The first-order valence-corrected chi connectivity index (χ1v) is 7.63. The van der Waals surface area contributed by atoms with Crippen molar-refractivity contribution in [1.29, 1.82) is 5.26 Å². The molecular formula is C15H19N7O. The highest BCUT2D eigenvalue weighted by atomic mass is 16.3. The van der Waals surface area contributed by atoms with Crippen molar-refractivity contribution in [3.05, 3.63) is 29.7 Å². The predicted octanol–water partition coefficient (Wildman–Crippen LogP) is 0.503. The van der Waals surface area contributed by atoms with E-state index in [9.17, 15) is 0 Å². The second kappa shape index (κ2) is 6.62. The largest absolute Gasteiger partial charge is 0.394 e. The fourth-order valence-electron chi connectivity index (χ4n) is 2.85. The topological polar surface area (TPSA) is 117 Å². The van der Waals surface area contributed by atoms with E-state index in [0.29, 0.717) is 24.0 Å². The Morgan fingerprint density at radius 1 is 1.48 bits per heavy atom. The van der Waals surface area contributed by atoms with E-state index < -0.39 is 0 Å². The van der Waals surface area contributed by atoms with Crippen LogP contribution in [0.15, 0.2) is 18.5 Å². The van der Waals surface area contributed by atoms with Crippen LogP contribution in [-0.4, -0.2) is 44.6 Å². The molecule has 0 spiro atoms. The molecule has 3 heterocycles. The molecule has 2 aromatic heterocycles. The maximum atomic E-state index is 8.98. The van der Waals surface area contributed by atoms with Gasteiger partial charge in [0.2, 0.25) is 5.95 Å². The van der Waals surface area contributed by atoms with Crippen molar-refractivity contribution in [3.8, 4) is 6.07 Å². The molecule has 1 saturated heterocycles. The third-order valence-electron chi connectivity index (χ3n) is 4.04. The minimum atomic E-state index is 0.0796. The van der Waals surface area contributed by atoms with Crippen molar-refractivity contribution in [2.45, 2.75) is 25.3 Å². The molecule has 0 aromatic carbocycles. The molecule has 1 aliphatic heterocycles. The third kappa shape index (κ3) is 3.24. The Morgan fingerprint density at radius 3 is 3.09 bits per heavy atom. The first-order chi connectivity index (χ1) is 11.2. The Balaban J connectivity index is 1.75. The monoisotopic (exact) mass is 313 g/mol. The van der Waals surface area contributed by atoms with Crippen LogP contribution in [0.25, 0.3) is 0 Å². The van der Waals surface area contributed by atoms with Gasteiger partial charge in [-0.3, -0.25) is 4.68 Å². The molecule has 3 rings (SSSR count). The molecule has 1 atom stereocenters. The predicted molar refractivity (Wildman–Crippen MR) is 84.7 cm³/mol. The van der Waals surface area contributed by atoms with E-state index in [0.717, 1.165) is 31.6 Å². The Kier molecular flexibility index (Phi) is 4.39. The molecule has 0 aliphatic carbocycles. The standard InChI is InChI=1S/C15H19N7O/c16-8-12-9-18-15(19-14(12)17)21-4-1-2-11(10-21)13-3-5-22(20-13)6-7-23/h3,5,9,11,23H,1-2,4,6-7,10H2,(H2,17,18,19)/t11-/m0/s1. The van der Waals surface area contributed by atoms with Crippen molar-refractivity contribution >= 4 is 11.8 Å². The van der Waals surface area contributed by atoms with Gasteiger partial charge in [0, 0.05) is 25.2 Å². The summed E-state index contributed by atoms with van der Waals surface area (Å²) < 4.78 is 1.75. The zero-order valence-electron chi connectivity index (χ0n) is 12.8. The summed E-state index contributed by atoms with van der Waals surface area (Å²) in [6.07, 6.45) is 5.43. The van der Waals surface area contributed by atoms with Crippen LogP contribution in [0.3, 0.4) is 0 Å². The van der Waals surface area contributed by atoms with Crippen molar-refractivity contribution in [3.63, 3.8) is 0 Å². The van der Waals surface area contributed by atoms with Gasteiger partial charge >= 0.3 is 0 Å². The van der Waals surface area contributed by atoms with E-state index in [4.69, 9.17) is 16.1 Å². The van der Waals surface area contributed by atoms with E-state index in [1.165, 1.54) is 6.20 Å². The Morgan fingerprint density at radius 2 is 2.35 bits per heavy atom. The summed E-state index contributed by atoms with van der Waals surface area (Å²) in [4.78, 5) is 10.6. The van der Waals surface area contributed by atoms with Crippen LogP contribution in [0.1, 0.15) is 30.0 Å². The van der Waals surface area contributed by atoms with Crippen LogP contribution in [0, 0.1) is 11.3 Å². The average Bonchev–Trinajstić information content (AvgIpc) is 3.04. The van der Waals surface area contributed by atoms with Crippen molar-refractivity contribution < 1.29 is 5.11 Å². The number of nitrogens with zero attached hydrogens (tertiary/aromatic N) is 6. The number of aliphatic hydroxyl groups excluding tert-OH is 1. The minimum absolute atomic E-state index is 0.0796. The van der Waals surface area contributed by atoms with Gasteiger partial charge in [0.05, 0.1) is 25.0 Å². The van der Waals surface area contributed by atoms with Crippen LogP contribution in [0.5, 0.6) is 0 Å². The normalized spacial score (nSPS) is 17.9. The number of aromatic nitrogens is 4. The molecule has 3 N–H and O–H groups in total. The second-order valence-electron chi connectivity index (χ2n) is 5.59. The van der Waals surface area contributed by atoms with Crippen LogP contribution < -0.4 is 10.6 Å². The quantitative estimate of drug-likeness (QED) is 0.844. The molecule has 2 aromatic rings. The van der Waals surface area contributed by atoms with E-state index in [1.54, 1.807) is 4.68 Å². The summed E-state index contributed by atoms with van der Waals surface area (Å²) in [7, 11) is 0. The lowest BCUT2D eigenvalue weighted by molar-refractivity contribution is 0.268. The zero-order chi connectivity index (χ0) is 16.2. The summed E-state index contributed by atoms with van der Waals surface area (Å²) >= 11 is 0. The minimum Gasteiger partial charge on any atom is -0.394 e. The number of nitrogens with two attached hydrogens (primary N) is 1. The Hall–Kier alpha value is -2.66. The molecule has 0 unspecified atom stereocenters. The number of anilines is 2. The molecule has 0 saturated carbocycles. The van der Waals surface area contributed by atoms with E-state index in [-0.39, 0.29) is 12.4 Å². The number of nitrogen functional groups attached to an aromatic ring is 1. The summed E-state index contributed by atoms with van der Waals surface area (Å²) in [5.74, 6) is 1.07. The number of hydrogen-bond donors (Lipinski definition) is 2. The van der Waals surface area contributed by atoms with Crippen LogP contribution in [0.4, 0.5) is 11.8 Å². The lowest BCUT2D eigenvalue weighted by Gasteiger charge is -2.32. The summed E-state index contributed by atoms with van der Waals surface area (Å²) in [5.41, 5.74) is 7.10. The van der Waals surface area contributed by atoms with Gasteiger partial charge in [0.15, 0.2) is 0 Å². The molecule has 1 aliphatic rings. The highest BCUT2D eigenvalue weighted by Gasteiger charge is 2.25. The fourth-order valence-corrected chi connectivity index (χ4v) is 2.85. The SMILES string of the molecule is N#Cc1cnc(N2CCC[C@H](c3ccn(CCO)n3)C2)nc1N. The average molecular weight is 313 g/mol.